The summed E-state index contributed by atoms with van der Waals surface area (Å²) in [5.74, 6) is 1.89. The highest BCUT2D eigenvalue weighted by atomic mass is 16.5. The monoisotopic (exact) mass is 346 g/mol. The van der Waals surface area contributed by atoms with Gasteiger partial charge in [-0.1, -0.05) is 77.8 Å². The zero-order valence-corrected chi connectivity index (χ0v) is 17.6. The summed E-state index contributed by atoms with van der Waals surface area (Å²) in [5.41, 5.74) is 2.63. The lowest BCUT2D eigenvalue weighted by Gasteiger charge is -2.21. The summed E-state index contributed by atoms with van der Waals surface area (Å²) in [5, 5.41) is 0. The van der Waals surface area contributed by atoms with Crippen LogP contribution in [0.3, 0.4) is 0 Å². The largest absolute Gasteiger partial charge is 0.490 e. The summed E-state index contributed by atoms with van der Waals surface area (Å²) in [6.07, 6.45) is 15.0. The van der Waals surface area contributed by atoms with E-state index in [0.29, 0.717) is 6.10 Å². The summed E-state index contributed by atoms with van der Waals surface area (Å²) in [6, 6.07) is 6.44. The van der Waals surface area contributed by atoms with Crippen LogP contribution in [0.4, 0.5) is 0 Å². The van der Waals surface area contributed by atoms with Crippen LogP contribution < -0.4 is 4.74 Å². The molecule has 0 aliphatic rings. The van der Waals surface area contributed by atoms with Gasteiger partial charge in [0.25, 0.3) is 0 Å². The standard InChI is InChI=1S/C24H42O/c1-6-7-8-9-10-11-12-17-23(18-13-15-20(2)3)25-24-19-14-16-21(4)22(24)5/h14,16,19-20,23H,6-13,15,17-18H2,1-5H3. The van der Waals surface area contributed by atoms with Gasteiger partial charge in [0.05, 0.1) is 6.10 Å². The van der Waals surface area contributed by atoms with E-state index < -0.39 is 0 Å². The van der Waals surface area contributed by atoms with Gasteiger partial charge >= 0.3 is 0 Å². The van der Waals surface area contributed by atoms with E-state index in [0.717, 1.165) is 11.7 Å². The molecule has 0 aromatic heterocycles. The lowest BCUT2D eigenvalue weighted by molar-refractivity contribution is 0.170. The van der Waals surface area contributed by atoms with Crippen LogP contribution in [0.15, 0.2) is 18.2 Å². The Kier molecular flexibility index (Phi) is 11.7. The summed E-state index contributed by atoms with van der Waals surface area (Å²) in [7, 11) is 0. The first-order valence-corrected chi connectivity index (χ1v) is 10.8. The van der Waals surface area contributed by atoms with Gasteiger partial charge in [0.15, 0.2) is 0 Å². The predicted molar refractivity (Wildman–Crippen MR) is 112 cm³/mol. The third-order valence-corrected chi connectivity index (χ3v) is 5.29. The van der Waals surface area contributed by atoms with Crippen LogP contribution in [0.25, 0.3) is 0 Å². The van der Waals surface area contributed by atoms with E-state index in [1.807, 2.05) is 0 Å². The van der Waals surface area contributed by atoms with Crippen molar-refractivity contribution in [1.29, 1.82) is 0 Å². The molecule has 0 saturated heterocycles. The second-order valence-electron chi connectivity index (χ2n) is 8.17. The molecule has 1 nitrogen and oxygen atoms in total. The Morgan fingerprint density at radius 3 is 2.12 bits per heavy atom. The van der Waals surface area contributed by atoms with Crippen LogP contribution in [-0.4, -0.2) is 6.10 Å². The average Bonchev–Trinajstić information content (AvgIpc) is 2.57. The zero-order valence-electron chi connectivity index (χ0n) is 17.6. The fourth-order valence-electron chi connectivity index (χ4n) is 3.38. The van der Waals surface area contributed by atoms with Gasteiger partial charge in [-0.25, -0.2) is 0 Å². The van der Waals surface area contributed by atoms with Gasteiger partial charge < -0.3 is 4.74 Å². The number of hydrogen-bond donors (Lipinski definition) is 0. The van der Waals surface area contributed by atoms with Crippen LogP contribution in [0.5, 0.6) is 5.75 Å². The summed E-state index contributed by atoms with van der Waals surface area (Å²) in [4.78, 5) is 0. The van der Waals surface area contributed by atoms with E-state index in [4.69, 9.17) is 4.74 Å². The molecular formula is C24H42O. The van der Waals surface area contributed by atoms with Crippen molar-refractivity contribution in [2.75, 3.05) is 0 Å². The fourth-order valence-corrected chi connectivity index (χ4v) is 3.38. The Morgan fingerprint density at radius 1 is 0.800 bits per heavy atom. The second kappa shape index (κ2) is 13.3. The highest BCUT2D eigenvalue weighted by Gasteiger charge is 2.13. The van der Waals surface area contributed by atoms with Crippen LogP contribution in [0.1, 0.15) is 103 Å². The molecule has 1 unspecified atom stereocenters. The van der Waals surface area contributed by atoms with Crippen LogP contribution in [0.2, 0.25) is 0 Å². The number of benzene rings is 1. The van der Waals surface area contributed by atoms with Crippen LogP contribution >= 0.6 is 0 Å². The van der Waals surface area contributed by atoms with Crippen molar-refractivity contribution in [3.63, 3.8) is 0 Å². The Morgan fingerprint density at radius 2 is 1.44 bits per heavy atom. The quantitative estimate of drug-likeness (QED) is 0.310. The Balaban J connectivity index is 2.44. The van der Waals surface area contributed by atoms with Gasteiger partial charge in [-0.2, -0.15) is 0 Å². The maximum Gasteiger partial charge on any atom is 0.122 e. The lowest BCUT2D eigenvalue weighted by Crippen LogP contribution is -2.17. The summed E-state index contributed by atoms with van der Waals surface area (Å²) >= 11 is 0. The number of unbranched alkanes of at least 4 members (excludes halogenated alkanes) is 6. The lowest BCUT2D eigenvalue weighted by atomic mass is 10.00. The molecule has 0 aliphatic carbocycles. The third-order valence-electron chi connectivity index (χ3n) is 5.29. The molecule has 0 aliphatic heterocycles. The minimum absolute atomic E-state index is 0.384. The van der Waals surface area contributed by atoms with Gasteiger partial charge in [-0.05, 0) is 62.6 Å². The molecule has 0 N–H and O–H groups in total. The molecular weight excluding hydrogens is 304 g/mol. The molecule has 144 valence electrons. The summed E-state index contributed by atoms with van der Waals surface area (Å²) < 4.78 is 6.45. The van der Waals surface area contributed by atoms with E-state index in [2.05, 4.69) is 52.8 Å². The minimum Gasteiger partial charge on any atom is -0.490 e. The first-order chi connectivity index (χ1) is 12.0. The normalized spacial score (nSPS) is 12.6. The molecule has 25 heavy (non-hydrogen) atoms. The van der Waals surface area contributed by atoms with Crippen LogP contribution in [0, 0.1) is 19.8 Å². The van der Waals surface area contributed by atoms with Crippen molar-refractivity contribution in [3.05, 3.63) is 29.3 Å². The van der Waals surface area contributed by atoms with Gasteiger partial charge in [0.2, 0.25) is 0 Å². The molecule has 0 fully saturated rings. The number of hydrogen-bond acceptors (Lipinski definition) is 1. The van der Waals surface area contributed by atoms with E-state index in [1.54, 1.807) is 0 Å². The third kappa shape index (κ3) is 9.92. The molecule has 0 heterocycles. The highest BCUT2D eigenvalue weighted by molar-refractivity contribution is 5.38. The van der Waals surface area contributed by atoms with Gasteiger partial charge in [-0.15, -0.1) is 0 Å². The van der Waals surface area contributed by atoms with Crippen LogP contribution in [-0.2, 0) is 0 Å². The zero-order chi connectivity index (χ0) is 18.5. The second-order valence-corrected chi connectivity index (χ2v) is 8.17. The number of ether oxygens (including phenoxy) is 1. The average molecular weight is 347 g/mol. The van der Waals surface area contributed by atoms with Crippen molar-refractivity contribution in [2.24, 2.45) is 5.92 Å². The molecule has 1 aromatic rings. The molecule has 0 spiro atoms. The fraction of sp³-hybridized carbons (Fsp3) is 0.750. The van der Waals surface area contributed by atoms with Crippen molar-refractivity contribution in [2.45, 2.75) is 111 Å². The maximum atomic E-state index is 6.45. The van der Waals surface area contributed by atoms with E-state index >= 15 is 0 Å². The molecule has 1 rings (SSSR count). The smallest absolute Gasteiger partial charge is 0.122 e. The topological polar surface area (TPSA) is 9.23 Å². The summed E-state index contributed by atoms with van der Waals surface area (Å²) in [6.45, 7) is 11.3. The molecule has 0 bridgehead atoms. The number of rotatable bonds is 14. The van der Waals surface area contributed by atoms with Crippen molar-refractivity contribution >= 4 is 0 Å². The van der Waals surface area contributed by atoms with E-state index in [-0.39, 0.29) is 0 Å². The molecule has 0 amide bonds. The maximum absolute atomic E-state index is 6.45. The predicted octanol–water partition coefficient (Wildman–Crippen LogP) is 8.02. The molecule has 0 radical (unpaired) electrons. The molecule has 1 heteroatoms. The SMILES string of the molecule is CCCCCCCCCC(CCCC(C)C)Oc1cccc(C)c1C. The van der Waals surface area contributed by atoms with Crippen molar-refractivity contribution < 1.29 is 4.74 Å². The van der Waals surface area contributed by atoms with Gasteiger partial charge in [0, 0.05) is 0 Å². The van der Waals surface area contributed by atoms with E-state index in [1.165, 1.54) is 81.8 Å². The molecule has 1 atom stereocenters. The molecule has 0 saturated carbocycles. The van der Waals surface area contributed by atoms with E-state index in [9.17, 15) is 0 Å². The van der Waals surface area contributed by atoms with Gasteiger partial charge in [-0.3, -0.25) is 0 Å². The highest BCUT2D eigenvalue weighted by Crippen LogP contribution is 2.25. The Hall–Kier alpha value is -0.980. The minimum atomic E-state index is 0.384. The first-order valence-electron chi connectivity index (χ1n) is 10.8. The van der Waals surface area contributed by atoms with Crippen molar-refractivity contribution in [1.82, 2.24) is 0 Å². The first kappa shape index (κ1) is 22.1. The van der Waals surface area contributed by atoms with Crippen molar-refractivity contribution in [3.8, 4) is 5.75 Å². The Bertz CT molecular complexity index is 449. The number of aryl methyl sites for hydroxylation is 1. The molecule has 1 aromatic carbocycles. The van der Waals surface area contributed by atoms with Gasteiger partial charge in [0.1, 0.15) is 5.75 Å². The Labute approximate surface area is 157 Å².